The Bertz CT molecular complexity index is 869. The van der Waals surface area contributed by atoms with Gasteiger partial charge in [-0.15, -0.1) is 0 Å². The summed E-state index contributed by atoms with van der Waals surface area (Å²) in [5, 5.41) is 2.88. The Kier molecular flexibility index (Phi) is 4.66. The van der Waals surface area contributed by atoms with E-state index in [9.17, 15) is 14.0 Å². The lowest BCUT2D eigenvalue weighted by Crippen LogP contribution is -2.32. The fourth-order valence-electron chi connectivity index (χ4n) is 3.30. The van der Waals surface area contributed by atoms with Gasteiger partial charge in [-0.3, -0.25) is 9.59 Å². The summed E-state index contributed by atoms with van der Waals surface area (Å²) >= 11 is 0. The summed E-state index contributed by atoms with van der Waals surface area (Å²) in [4.78, 5) is 26.3. The molecule has 7 heteroatoms. The third-order valence-electron chi connectivity index (χ3n) is 4.78. The van der Waals surface area contributed by atoms with E-state index in [2.05, 4.69) is 5.32 Å². The standard InChI is InChI=1S/C20H19FN2O4/c21-16-4-1-13(2-5-16)10-23-11-15(8-19(23)24)20(25)22-9-14-3-6-17-18(7-14)27-12-26-17/h1-7,15H,8-12H2,(H,22,25). The number of carbonyl (C=O) groups is 2. The lowest BCUT2D eigenvalue weighted by molar-refractivity contribution is -0.129. The van der Waals surface area contributed by atoms with Crippen molar-refractivity contribution >= 4 is 11.8 Å². The van der Waals surface area contributed by atoms with Crippen molar-refractivity contribution in [2.45, 2.75) is 19.5 Å². The van der Waals surface area contributed by atoms with Crippen molar-refractivity contribution in [3.8, 4) is 11.5 Å². The summed E-state index contributed by atoms with van der Waals surface area (Å²) in [7, 11) is 0. The zero-order valence-corrected chi connectivity index (χ0v) is 14.6. The Morgan fingerprint density at radius 2 is 1.85 bits per heavy atom. The monoisotopic (exact) mass is 370 g/mol. The van der Waals surface area contributed by atoms with E-state index >= 15 is 0 Å². The number of carbonyl (C=O) groups excluding carboxylic acids is 2. The summed E-state index contributed by atoms with van der Waals surface area (Å²) in [6, 6.07) is 11.5. The molecular weight excluding hydrogens is 351 g/mol. The van der Waals surface area contributed by atoms with E-state index < -0.39 is 0 Å². The number of hydrogen-bond acceptors (Lipinski definition) is 4. The maximum absolute atomic E-state index is 13.0. The molecule has 27 heavy (non-hydrogen) atoms. The van der Waals surface area contributed by atoms with E-state index in [1.165, 1.54) is 12.1 Å². The van der Waals surface area contributed by atoms with Gasteiger partial charge < -0.3 is 19.7 Å². The number of amides is 2. The van der Waals surface area contributed by atoms with Crippen LogP contribution >= 0.6 is 0 Å². The molecule has 1 atom stereocenters. The van der Waals surface area contributed by atoms with Gasteiger partial charge >= 0.3 is 0 Å². The van der Waals surface area contributed by atoms with Crippen molar-refractivity contribution < 1.29 is 23.5 Å². The molecule has 0 saturated carbocycles. The van der Waals surface area contributed by atoms with Crippen molar-refractivity contribution in [2.24, 2.45) is 5.92 Å². The highest BCUT2D eigenvalue weighted by Crippen LogP contribution is 2.32. The highest BCUT2D eigenvalue weighted by molar-refractivity contribution is 5.89. The topological polar surface area (TPSA) is 67.9 Å². The zero-order valence-electron chi connectivity index (χ0n) is 14.6. The molecule has 0 aromatic heterocycles. The maximum atomic E-state index is 13.0. The average molecular weight is 370 g/mol. The highest BCUT2D eigenvalue weighted by Gasteiger charge is 2.34. The Morgan fingerprint density at radius 3 is 2.67 bits per heavy atom. The molecule has 1 saturated heterocycles. The first kappa shape index (κ1) is 17.3. The predicted octanol–water partition coefficient (Wildman–Crippen LogP) is 2.22. The second kappa shape index (κ2) is 7.26. The summed E-state index contributed by atoms with van der Waals surface area (Å²) in [6.45, 7) is 1.31. The molecule has 1 fully saturated rings. The van der Waals surface area contributed by atoms with Crippen molar-refractivity contribution in [3.05, 3.63) is 59.4 Å². The molecule has 2 aromatic carbocycles. The predicted molar refractivity (Wildman–Crippen MR) is 94.3 cm³/mol. The van der Waals surface area contributed by atoms with Crippen molar-refractivity contribution in [2.75, 3.05) is 13.3 Å². The normalized spacial score (nSPS) is 18.0. The number of nitrogens with one attached hydrogen (secondary N) is 1. The zero-order chi connectivity index (χ0) is 18.8. The Labute approximate surface area is 155 Å². The number of fused-ring (bicyclic) bond motifs is 1. The lowest BCUT2D eigenvalue weighted by atomic mass is 10.1. The van der Waals surface area contributed by atoms with Crippen LogP contribution in [0.25, 0.3) is 0 Å². The molecule has 2 amide bonds. The molecular formula is C20H19FN2O4. The molecule has 2 aliphatic rings. The van der Waals surface area contributed by atoms with Crippen molar-refractivity contribution in [1.29, 1.82) is 0 Å². The minimum absolute atomic E-state index is 0.0671. The van der Waals surface area contributed by atoms with Gasteiger partial charge in [-0.05, 0) is 35.4 Å². The van der Waals surface area contributed by atoms with Crippen LogP contribution in [0.15, 0.2) is 42.5 Å². The van der Waals surface area contributed by atoms with E-state index in [1.54, 1.807) is 17.0 Å². The summed E-state index contributed by atoms with van der Waals surface area (Å²) < 4.78 is 23.6. The number of rotatable bonds is 5. The van der Waals surface area contributed by atoms with Crippen LogP contribution in [0.5, 0.6) is 11.5 Å². The van der Waals surface area contributed by atoms with E-state index in [0.717, 1.165) is 11.1 Å². The average Bonchev–Trinajstić information content (AvgIpc) is 3.28. The molecule has 4 rings (SSSR count). The highest BCUT2D eigenvalue weighted by atomic mass is 19.1. The number of likely N-dealkylation sites (tertiary alicyclic amines) is 1. The first-order valence-electron chi connectivity index (χ1n) is 8.77. The quantitative estimate of drug-likeness (QED) is 0.876. The molecule has 6 nitrogen and oxygen atoms in total. The van der Waals surface area contributed by atoms with Crippen LogP contribution in [0.2, 0.25) is 0 Å². The molecule has 0 radical (unpaired) electrons. The fraction of sp³-hybridized carbons (Fsp3) is 0.300. The molecule has 2 aromatic rings. The summed E-state index contributed by atoms with van der Waals surface area (Å²) in [6.07, 6.45) is 0.189. The van der Waals surface area contributed by atoms with Crippen LogP contribution in [0.1, 0.15) is 17.5 Å². The minimum atomic E-state index is -0.382. The van der Waals surface area contributed by atoms with Gasteiger partial charge in [0.1, 0.15) is 5.82 Å². The molecule has 1 N–H and O–H groups in total. The molecule has 0 aliphatic carbocycles. The smallest absolute Gasteiger partial charge is 0.231 e. The van der Waals surface area contributed by atoms with Gasteiger partial charge in [0, 0.05) is 26.1 Å². The van der Waals surface area contributed by atoms with Gasteiger partial charge in [-0.2, -0.15) is 0 Å². The van der Waals surface area contributed by atoms with Crippen molar-refractivity contribution in [1.82, 2.24) is 10.2 Å². The van der Waals surface area contributed by atoms with Gasteiger partial charge in [0.05, 0.1) is 5.92 Å². The minimum Gasteiger partial charge on any atom is -0.454 e. The largest absolute Gasteiger partial charge is 0.454 e. The molecule has 2 aliphatic heterocycles. The van der Waals surface area contributed by atoms with E-state index in [1.807, 2.05) is 18.2 Å². The molecule has 0 spiro atoms. The third-order valence-corrected chi connectivity index (χ3v) is 4.78. The third kappa shape index (κ3) is 3.86. The number of nitrogens with zero attached hydrogens (tertiary/aromatic N) is 1. The first-order chi connectivity index (χ1) is 13.1. The number of ether oxygens (including phenoxy) is 2. The summed E-state index contributed by atoms with van der Waals surface area (Å²) in [5.41, 5.74) is 1.74. The fourth-order valence-corrected chi connectivity index (χ4v) is 3.30. The van der Waals surface area contributed by atoms with Gasteiger partial charge in [0.15, 0.2) is 11.5 Å². The number of hydrogen-bond donors (Lipinski definition) is 1. The Morgan fingerprint density at radius 1 is 1.11 bits per heavy atom. The van der Waals surface area contributed by atoms with E-state index in [0.29, 0.717) is 31.1 Å². The Hall–Kier alpha value is -3.09. The first-order valence-corrected chi connectivity index (χ1v) is 8.77. The molecule has 140 valence electrons. The van der Waals surface area contributed by atoms with Gasteiger partial charge in [-0.25, -0.2) is 4.39 Å². The van der Waals surface area contributed by atoms with E-state index in [4.69, 9.17) is 9.47 Å². The SMILES string of the molecule is O=C(NCc1ccc2c(c1)OCO2)C1CC(=O)N(Cc2ccc(F)cc2)C1. The lowest BCUT2D eigenvalue weighted by Gasteiger charge is -2.16. The van der Waals surface area contributed by atoms with Crippen LogP contribution in [0.3, 0.4) is 0 Å². The van der Waals surface area contributed by atoms with Crippen LogP contribution in [0.4, 0.5) is 4.39 Å². The van der Waals surface area contributed by atoms with Gasteiger partial charge in [0.2, 0.25) is 18.6 Å². The Balaban J connectivity index is 1.31. The van der Waals surface area contributed by atoms with Crippen LogP contribution in [-0.2, 0) is 22.7 Å². The van der Waals surface area contributed by atoms with Gasteiger partial charge in [0.25, 0.3) is 0 Å². The summed E-state index contributed by atoms with van der Waals surface area (Å²) in [5.74, 6) is 0.454. The second-order valence-electron chi connectivity index (χ2n) is 6.71. The van der Waals surface area contributed by atoms with Crippen LogP contribution < -0.4 is 14.8 Å². The van der Waals surface area contributed by atoms with Crippen LogP contribution in [-0.4, -0.2) is 30.1 Å². The van der Waals surface area contributed by atoms with E-state index in [-0.39, 0.29) is 36.8 Å². The molecule has 0 bridgehead atoms. The second-order valence-corrected chi connectivity index (χ2v) is 6.71. The molecule has 2 heterocycles. The maximum Gasteiger partial charge on any atom is 0.231 e. The van der Waals surface area contributed by atoms with Crippen LogP contribution in [0, 0.1) is 11.7 Å². The molecule has 1 unspecified atom stereocenters. The van der Waals surface area contributed by atoms with Crippen molar-refractivity contribution in [3.63, 3.8) is 0 Å². The number of benzene rings is 2. The van der Waals surface area contributed by atoms with Gasteiger partial charge in [-0.1, -0.05) is 18.2 Å². The number of halogens is 1.